The Morgan fingerprint density at radius 2 is 1.71 bits per heavy atom. The molecular formula is C17H21NO3. The summed E-state index contributed by atoms with van der Waals surface area (Å²) in [6.07, 6.45) is -2.04. The third-order valence-corrected chi connectivity index (χ3v) is 3.67. The van der Waals surface area contributed by atoms with E-state index in [2.05, 4.69) is 5.32 Å². The van der Waals surface area contributed by atoms with Gasteiger partial charge in [0.15, 0.2) is 0 Å². The van der Waals surface area contributed by atoms with Crippen LogP contribution in [-0.4, -0.2) is 22.3 Å². The molecule has 3 N–H and O–H groups in total. The van der Waals surface area contributed by atoms with E-state index in [1.165, 1.54) is 0 Å². The molecule has 0 heterocycles. The van der Waals surface area contributed by atoms with Crippen molar-refractivity contribution >= 4 is 16.9 Å². The maximum atomic E-state index is 11.0. The molecule has 0 fully saturated rings. The lowest BCUT2D eigenvalue weighted by atomic mass is 9.80. The Morgan fingerprint density at radius 1 is 1.10 bits per heavy atom. The average molecular weight is 287 g/mol. The molecule has 2 rings (SSSR count). The fourth-order valence-corrected chi connectivity index (χ4v) is 2.59. The molecule has 2 unspecified atom stereocenters. The fourth-order valence-electron chi connectivity index (χ4n) is 2.59. The van der Waals surface area contributed by atoms with Gasteiger partial charge in [0.1, 0.15) is 6.10 Å². The smallest absolute Gasteiger partial charge is 0.404 e. The van der Waals surface area contributed by atoms with Crippen LogP contribution in [0.3, 0.4) is 0 Å². The molecule has 1 amide bonds. The van der Waals surface area contributed by atoms with Crippen molar-refractivity contribution in [3.63, 3.8) is 0 Å². The van der Waals surface area contributed by atoms with E-state index in [-0.39, 0.29) is 0 Å². The molecule has 2 aromatic rings. The zero-order valence-corrected chi connectivity index (χ0v) is 12.5. The third kappa shape index (κ3) is 3.34. The Hall–Kier alpha value is -2.07. The lowest BCUT2D eigenvalue weighted by molar-refractivity contribution is 0.0694. The first-order valence-electron chi connectivity index (χ1n) is 6.96. The van der Waals surface area contributed by atoms with Gasteiger partial charge in [0.05, 0.1) is 6.04 Å². The van der Waals surface area contributed by atoms with Crippen molar-refractivity contribution in [2.24, 2.45) is 5.41 Å². The van der Waals surface area contributed by atoms with Gasteiger partial charge in [-0.3, -0.25) is 0 Å². The molecule has 0 aliphatic rings. The lowest BCUT2D eigenvalue weighted by Crippen LogP contribution is -2.47. The van der Waals surface area contributed by atoms with Crippen molar-refractivity contribution in [3.8, 4) is 0 Å². The molecule has 0 aromatic heterocycles. The van der Waals surface area contributed by atoms with Gasteiger partial charge < -0.3 is 15.5 Å². The number of carbonyl (C=O) groups is 1. The first-order chi connectivity index (χ1) is 9.80. The van der Waals surface area contributed by atoms with E-state index in [0.717, 1.165) is 16.3 Å². The van der Waals surface area contributed by atoms with E-state index >= 15 is 0 Å². The van der Waals surface area contributed by atoms with Gasteiger partial charge in [-0.25, -0.2) is 4.79 Å². The van der Waals surface area contributed by atoms with E-state index in [4.69, 9.17) is 5.11 Å². The van der Waals surface area contributed by atoms with Gasteiger partial charge in [-0.15, -0.1) is 0 Å². The predicted molar refractivity (Wildman–Crippen MR) is 83.3 cm³/mol. The number of amides is 1. The average Bonchev–Trinajstić information content (AvgIpc) is 2.42. The molecule has 0 bridgehead atoms. The normalized spacial score (nSPS) is 14.7. The molecular weight excluding hydrogens is 266 g/mol. The summed E-state index contributed by atoms with van der Waals surface area (Å²) in [5.41, 5.74) is 0.330. The monoisotopic (exact) mass is 287 g/mol. The maximum absolute atomic E-state index is 11.0. The quantitative estimate of drug-likeness (QED) is 0.808. The van der Waals surface area contributed by atoms with E-state index in [9.17, 15) is 9.90 Å². The molecule has 0 aliphatic heterocycles. The summed E-state index contributed by atoms with van der Waals surface area (Å²) in [5.74, 6) is 0. The highest BCUT2D eigenvalue weighted by atomic mass is 16.4. The van der Waals surface area contributed by atoms with Gasteiger partial charge in [0.25, 0.3) is 0 Å². The summed E-state index contributed by atoms with van der Waals surface area (Å²) in [6, 6.07) is 12.9. The van der Waals surface area contributed by atoms with Gasteiger partial charge in [0, 0.05) is 0 Å². The topological polar surface area (TPSA) is 69.6 Å². The Labute approximate surface area is 124 Å². The summed E-state index contributed by atoms with van der Waals surface area (Å²) in [7, 11) is 0. The molecule has 0 radical (unpaired) electrons. The zero-order valence-electron chi connectivity index (χ0n) is 12.5. The van der Waals surface area contributed by atoms with E-state index in [0.29, 0.717) is 0 Å². The van der Waals surface area contributed by atoms with Crippen LogP contribution < -0.4 is 5.32 Å². The Bertz CT molecular complexity index is 641. The molecule has 0 saturated heterocycles. The molecule has 0 spiro atoms. The summed E-state index contributed by atoms with van der Waals surface area (Å²) < 4.78 is 0. The van der Waals surface area contributed by atoms with Crippen LogP contribution in [0.1, 0.15) is 32.4 Å². The van der Waals surface area contributed by atoms with Crippen molar-refractivity contribution < 1.29 is 15.0 Å². The Balaban J connectivity index is 2.48. The first kappa shape index (κ1) is 15.3. The van der Waals surface area contributed by atoms with Crippen LogP contribution in [0.25, 0.3) is 10.8 Å². The minimum Gasteiger partial charge on any atom is -0.465 e. The summed E-state index contributed by atoms with van der Waals surface area (Å²) >= 11 is 0. The summed E-state index contributed by atoms with van der Waals surface area (Å²) in [6.45, 7) is 5.71. The second-order valence-corrected chi connectivity index (χ2v) is 6.31. The van der Waals surface area contributed by atoms with Crippen LogP contribution in [0, 0.1) is 5.41 Å². The maximum Gasteiger partial charge on any atom is 0.404 e. The first-order valence-corrected chi connectivity index (χ1v) is 6.96. The van der Waals surface area contributed by atoms with Crippen molar-refractivity contribution in [2.45, 2.75) is 32.9 Å². The molecule has 0 aliphatic carbocycles. The van der Waals surface area contributed by atoms with Crippen molar-refractivity contribution in [1.82, 2.24) is 5.32 Å². The number of hydrogen-bond donors (Lipinski definition) is 3. The van der Waals surface area contributed by atoms with Crippen molar-refractivity contribution in [2.75, 3.05) is 0 Å². The fraction of sp³-hybridized carbons (Fsp3) is 0.353. The largest absolute Gasteiger partial charge is 0.465 e. The van der Waals surface area contributed by atoms with Gasteiger partial charge in [0.2, 0.25) is 0 Å². The summed E-state index contributed by atoms with van der Waals surface area (Å²) in [5, 5.41) is 24.2. The predicted octanol–water partition coefficient (Wildman–Crippen LogP) is 3.56. The Kier molecular flexibility index (Phi) is 4.19. The van der Waals surface area contributed by atoms with Gasteiger partial charge in [-0.2, -0.15) is 0 Å². The molecule has 2 aromatic carbocycles. The number of nitrogens with one attached hydrogen (secondary N) is 1. The van der Waals surface area contributed by atoms with Crippen LogP contribution in [-0.2, 0) is 0 Å². The number of aliphatic hydroxyl groups excluding tert-OH is 1. The SMILES string of the molecule is CC(C)(C)C(NC(=O)O)C(O)c1cccc2ccccc12. The number of carboxylic acid groups (broad SMARTS) is 1. The van der Waals surface area contributed by atoms with Crippen LogP contribution in [0.4, 0.5) is 4.79 Å². The van der Waals surface area contributed by atoms with Crippen LogP contribution in [0.2, 0.25) is 0 Å². The van der Waals surface area contributed by atoms with Crippen LogP contribution >= 0.6 is 0 Å². The second kappa shape index (κ2) is 5.74. The van der Waals surface area contributed by atoms with Gasteiger partial charge >= 0.3 is 6.09 Å². The molecule has 2 atom stereocenters. The minimum absolute atomic E-state index is 0.408. The number of rotatable bonds is 3. The van der Waals surface area contributed by atoms with Gasteiger partial charge in [-0.1, -0.05) is 63.2 Å². The molecule has 4 heteroatoms. The van der Waals surface area contributed by atoms with Gasteiger partial charge in [-0.05, 0) is 21.8 Å². The zero-order chi connectivity index (χ0) is 15.6. The molecule has 4 nitrogen and oxygen atoms in total. The van der Waals surface area contributed by atoms with Crippen LogP contribution in [0.5, 0.6) is 0 Å². The van der Waals surface area contributed by atoms with E-state index in [1.54, 1.807) is 0 Å². The Morgan fingerprint density at radius 3 is 2.33 bits per heavy atom. The van der Waals surface area contributed by atoms with E-state index in [1.807, 2.05) is 63.2 Å². The minimum atomic E-state index is -1.13. The van der Waals surface area contributed by atoms with Crippen LogP contribution in [0.15, 0.2) is 42.5 Å². The number of aliphatic hydroxyl groups is 1. The number of fused-ring (bicyclic) bond motifs is 1. The second-order valence-electron chi connectivity index (χ2n) is 6.31. The number of benzene rings is 2. The molecule has 112 valence electrons. The van der Waals surface area contributed by atoms with E-state index < -0.39 is 23.7 Å². The van der Waals surface area contributed by atoms with Crippen molar-refractivity contribution in [3.05, 3.63) is 48.0 Å². The molecule has 21 heavy (non-hydrogen) atoms. The number of hydrogen-bond acceptors (Lipinski definition) is 2. The third-order valence-electron chi connectivity index (χ3n) is 3.67. The van der Waals surface area contributed by atoms with Crippen molar-refractivity contribution in [1.29, 1.82) is 0 Å². The highest BCUT2D eigenvalue weighted by Crippen LogP contribution is 2.33. The summed E-state index contributed by atoms with van der Waals surface area (Å²) in [4.78, 5) is 11.0. The highest BCUT2D eigenvalue weighted by Gasteiger charge is 2.34. The molecule has 0 saturated carbocycles. The lowest BCUT2D eigenvalue weighted by Gasteiger charge is -2.34. The highest BCUT2D eigenvalue weighted by molar-refractivity contribution is 5.86. The standard InChI is InChI=1S/C17H21NO3/c1-17(2,3)15(18-16(20)21)14(19)13-10-6-8-11-7-4-5-9-12(11)13/h4-10,14-15,18-19H,1-3H3,(H,20,21).